The summed E-state index contributed by atoms with van der Waals surface area (Å²) in [6.45, 7) is 1.98. The first-order chi connectivity index (χ1) is 14.2. The van der Waals surface area contributed by atoms with Gasteiger partial charge in [-0.05, 0) is 48.9 Å². The molecule has 1 fully saturated rings. The van der Waals surface area contributed by atoms with Gasteiger partial charge in [0.2, 0.25) is 0 Å². The predicted octanol–water partition coefficient (Wildman–Crippen LogP) is 3.06. The van der Waals surface area contributed by atoms with E-state index in [2.05, 4.69) is 21.2 Å². The third kappa shape index (κ3) is 4.56. The van der Waals surface area contributed by atoms with Crippen LogP contribution in [0.2, 0.25) is 0 Å². The highest BCUT2D eigenvalue weighted by Gasteiger charge is 2.29. The maximum Gasteiger partial charge on any atom is 0.255 e. The van der Waals surface area contributed by atoms with Crippen LogP contribution in [0.4, 0.5) is 0 Å². The highest BCUT2D eigenvalue weighted by atomic mass is 16.5. The van der Waals surface area contributed by atoms with Crippen LogP contribution in [0.25, 0.3) is 0 Å². The monoisotopic (exact) mass is 392 g/mol. The average Bonchev–Trinajstić information content (AvgIpc) is 3.44. The molecule has 1 aromatic carbocycles. The number of pyridine rings is 1. The number of aromatic amines is 1. The molecular formula is C22H24N4O3. The Bertz CT molecular complexity index is 940. The van der Waals surface area contributed by atoms with Gasteiger partial charge in [0.15, 0.2) is 0 Å². The van der Waals surface area contributed by atoms with Crippen molar-refractivity contribution < 1.29 is 14.3 Å². The van der Waals surface area contributed by atoms with Crippen LogP contribution in [-0.2, 0) is 6.42 Å². The van der Waals surface area contributed by atoms with Crippen molar-refractivity contribution in [3.63, 3.8) is 0 Å². The highest BCUT2D eigenvalue weighted by Crippen LogP contribution is 2.27. The van der Waals surface area contributed by atoms with E-state index in [1.54, 1.807) is 31.6 Å². The third-order valence-corrected chi connectivity index (χ3v) is 5.15. The summed E-state index contributed by atoms with van der Waals surface area (Å²) in [4.78, 5) is 18.5. The number of likely N-dealkylation sites (tertiary alicyclic amines) is 1. The fourth-order valence-electron chi connectivity index (χ4n) is 3.53. The lowest BCUT2D eigenvalue weighted by Gasteiger charge is -2.15. The van der Waals surface area contributed by atoms with E-state index in [1.807, 2.05) is 29.2 Å². The first kappa shape index (κ1) is 19.0. The molecule has 7 nitrogen and oxygen atoms in total. The second-order valence-corrected chi connectivity index (χ2v) is 7.07. The second-order valence-electron chi connectivity index (χ2n) is 7.07. The number of amides is 1. The summed E-state index contributed by atoms with van der Waals surface area (Å²) in [5.41, 5.74) is 2.67. The zero-order chi connectivity index (χ0) is 20.1. The minimum atomic E-state index is 0.0317. The molecule has 0 unspecified atom stereocenters. The summed E-state index contributed by atoms with van der Waals surface area (Å²) < 4.78 is 10.9. The number of aromatic nitrogens is 3. The summed E-state index contributed by atoms with van der Waals surface area (Å²) in [6, 6.07) is 13.2. The van der Waals surface area contributed by atoms with Gasteiger partial charge >= 0.3 is 0 Å². The predicted molar refractivity (Wildman–Crippen MR) is 108 cm³/mol. The summed E-state index contributed by atoms with van der Waals surface area (Å²) in [6.07, 6.45) is 4.95. The molecule has 1 atom stereocenters. The van der Waals surface area contributed by atoms with Crippen LogP contribution in [-0.4, -0.2) is 52.8 Å². The lowest BCUT2D eigenvalue weighted by Crippen LogP contribution is -2.28. The number of rotatable bonds is 7. The molecule has 7 heteroatoms. The Kier molecular flexibility index (Phi) is 5.74. The molecule has 1 aliphatic rings. The van der Waals surface area contributed by atoms with Crippen molar-refractivity contribution in [1.82, 2.24) is 20.1 Å². The minimum absolute atomic E-state index is 0.0317. The molecule has 1 amide bonds. The average molecular weight is 392 g/mol. The molecule has 0 radical (unpaired) electrons. The van der Waals surface area contributed by atoms with Gasteiger partial charge in [-0.2, -0.15) is 5.10 Å². The molecule has 1 N–H and O–H groups in total. The van der Waals surface area contributed by atoms with E-state index in [-0.39, 0.29) is 11.8 Å². The number of ether oxygens (including phenoxy) is 2. The number of nitrogens with zero attached hydrogens (tertiary/aromatic N) is 3. The fraction of sp³-hybridized carbons (Fsp3) is 0.318. The fourth-order valence-corrected chi connectivity index (χ4v) is 3.53. The van der Waals surface area contributed by atoms with Crippen LogP contribution in [0.1, 0.15) is 34.1 Å². The van der Waals surface area contributed by atoms with E-state index in [0.29, 0.717) is 18.7 Å². The Morgan fingerprint density at radius 2 is 2.07 bits per heavy atom. The molecule has 2 aromatic heterocycles. The summed E-state index contributed by atoms with van der Waals surface area (Å²) >= 11 is 0. The van der Waals surface area contributed by atoms with Gasteiger partial charge in [-0.1, -0.05) is 0 Å². The van der Waals surface area contributed by atoms with Gasteiger partial charge in [0.1, 0.15) is 11.5 Å². The largest absolute Gasteiger partial charge is 0.497 e. The maximum absolute atomic E-state index is 12.6. The Labute approximate surface area is 169 Å². The first-order valence-corrected chi connectivity index (χ1v) is 9.73. The SMILES string of the molecule is COc1ccc(OCCc2cc([C@H]3CCN(C(=O)c4cccnc4)C3)n[nH]2)cc1. The van der Waals surface area contributed by atoms with Crippen LogP contribution >= 0.6 is 0 Å². The van der Waals surface area contributed by atoms with Gasteiger partial charge in [-0.25, -0.2) is 0 Å². The zero-order valence-electron chi connectivity index (χ0n) is 16.4. The third-order valence-electron chi connectivity index (χ3n) is 5.15. The Morgan fingerprint density at radius 1 is 1.24 bits per heavy atom. The van der Waals surface area contributed by atoms with E-state index >= 15 is 0 Å². The highest BCUT2D eigenvalue weighted by molar-refractivity contribution is 5.94. The molecule has 150 valence electrons. The quantitative estimate of drug-likeness (QED) is 0.668. The van der Waals surface area contributed by atoms with Crippen LogP contribution in [0.15, 0.2) is 54.9 Å². The Balaban J connectivity index is 1.28. The van der Waals surface area contributed by atoms with E-state index in [4.69, 9.17) is 9.47 Å². The van der Waals surface area contributed by atoms with Crippen molar-refractivity contribution in [1.29, 1.82) is 0 Å². The molecule has 1 saturated heterocycles. The molecular weight excluding hydrogens is 368 g/mol. The van der Waals surface area contributed by atoms with Crippen molar-refractivity contribution >= 4 is 5.91 Å². The molecule has 0 bridgehead atoms. The summed E-state index contributed by atoms with van der Waals surface area (Å²) in [7, 11) is 1.64. The van der Waals surface area contributed by atoms with Crippen molar-refractivity contribution in [2.75, 3.05) is 26.8 Å². The van der Waals surface area contributed by atoms with Gasteiger partial charge in [0.25, 0.3) is 5.91 Å². The molecule has 29 heavy (non-hydrogen) atoms. The Hall–Kier alpha value is -3.35. The lowest BCUT2D eigenvalue weighted by molar-refractivity contribution is 0.0790. The molecule has 3 aromatic rings. The van der Waals surface area contributed by atoms with E-state index in [9.17, 15) is 4.79 Å². The molecule has 0 aliphatic carbocycles. The minimum Gasteiger partial charge on any atom is -0.497 e. The van der Waals surface area contributed by atoms with Crippen LogP contribution in [0.3, 0.4) is 0 Å². The second kappa shape index (κ2) is 8.77. The van der Waals surface area contributed by atoms with E-state index in [0.717, 1.165) is 42.3 Å². The van der Waals surface area contributed by atoms with Crippen molar-refractivity contribution in [3.8, 4) is 11.5 Å². The van der Waals surface area contributed by atoms with Crippen LogP contribution in [0.5, 0.6) is 11.5 Å². The van der Waals surface area contributed by atoms with Crippen molar-refractivity contribution in [2.45, 2.75) is 18.8 Å². The Morgan fingerprint density at radius 3 is 2.83 bits per heavy atom. The van der Waals surface area contributed by atoms with Crippen molar-refractivity contribution in [2.24, 2.45) is 0 Å². The van der Waals surface area contributed by atoms with Gasteiger partial charge in [0, 0.05) is 43.5 Å². The number of benzene rings is 1. The molecule has 1 aliphatic heterocycles. The van der Waals surface area contributed by atoms with E-state index < -0.39 is 0 Å². The first-order valence-electron chi connectivity index (χ1n) is 9.73. The molecule has 3 heterocycles. The van der Waals surface area contributed by atoms with Gasteiger partial charge < -0.3 is 14.4 Å². The summed E-state index contributed by atoms with van der Waals surface area (Å²) in [5, 5.41) is 7.57. The molecule has 0 spiro atoms. The number of methoxy groups -OCH3 is 1. The van der Waals surface area contributed by atoms with Gasteiger partial charge in [-0.3, -0.25) is 14.9 Å². The number of carbonyl (C=O) groups excluding carboxylic acids is 1. The number of hydrogen-bond acceptors (Lipinski definition) is 5. The van der Waals surface area contributed by atoms with E-state index in [1.165, 1.54) is 0 Å². The van der Waals surface area contributed by atoms with Crippen LogP contribution in [0, 0.1) is 0 Å². The maximum atomic E-state index is 12.6. The number of hydrogen-bond donors (Lipinski definition) is 1. The topological polar surface area (TPSA) is 80.3 Å². The number of H-pyrrole nitrogens is 1. The van der Waals surface area contributed by atoms with Crippen molar-refractivity contribution in [3.05, 3.63) is 71.8 Å². The van der Waals surface area contributed by atoms with Gasteiger partial charge in [-0.15, -0.1) is 0 Å². The van der Waals surface area contributed by atoms with Gasteiger partial charge in [0.05, 0.1) is 25.0 Å². The standard InChI is InChI=1S/C22H24N4O3/c1-28-19-4-6-20(7-5-19)29-12-9-18-13-21(25-24-18)17-8-11-26(15-17)22(27)16-3-2-10-23-14-16/h2-7,10,13-14,17H,8-9,11-12,15H2,1H3,(H,24,25)/t17-/m0/s1. The number of nitrogens with one attached hydrogen (secondary N) is 1. The zero-order valence-corrected chi connectivity index (χ0v) is 16.4. The van der Waals surface area contributed by atoms with Crippen LogP contribution < -0.4 is 9.47 Å². The summed E-state index contributed by atoms with van der Waals surface area (Å²) in [5.74, 6) is 1.90. The molecule has 4 rings (SSSR count). The smallest absolute Gasteiger partial charge is 0.255 e. The lowest BCUT2D eigenvalue weighted by atomic mass is 10.0. The number of carbonyl (C=O) groups is 1. The normalized spacial score (nSPS) is 16.0. The molecule has 0 saturated carbocycles.